The van der Waals surface area contributed by atoms with E-state index >= 15 is 0 Å². The number of pyridine rings is 1. The summed E-state index contributed by atoms with van der Waals surface area (Å²) in [6.07, 6.45) is 1.62. The fourth-order valence-corrected chi connectivity index (χ4v) is 3.11. The fourth-order valence-electron chi connectivity index (χ4n) is 2.99. The van der Waals surface area contributed by atoms with Gasteiger partial charge in [0.05, 0.1) is 21.8 Å². The summed E-state index contributed by atoms with van der Waals surface area (Å²) in [7, 11) is 0. The highest BCUT2D eigenvalue weighted by Crippen LogP contribution is 2.18. The molecule has 0 spiro atoms. The molecule has 4 aromatic rings. The van der Waals surface area contributed by atoms with Gasteiger partial charge in [0.2, 0.25) is 0 Å². The Balaban J connectivity index is 2.01. The first-order valence-electron chi connectivity index (χ1n) is 7.96. The van der Waals surface area contributed by atoms with Crippen LogP contribution in [0.1, 0.15) is 11.1 Å². The van der Waals surface area contributed by atoms with Crippen molar-refractivity contribution in [2.45, 2.75) is 6.92 Å². The molecule has 0 aliphatic carbocycles. The number of fused-ring (bicyclic) bond motifs is 3. The second-order valence-electron chi connectivity index (χ2n) is 5.89. The smallest absolute Gasteiger partial charge is 0.265 e. The lowest BCUT2D eigenvalue weighted by Gasteiger charge is -2.04. The highest BCUT2D eigenvalue weighted by atomic mass is 35.5. The minimum Gasteiger partial charge on any atom is -0.361 e. The second kappa shape index (κ2) is 6.17. The number of benzene rings is 2. The van der Waals surface area contributed by atoms with E-state index in [1.165, 1.54) is 4.40 Å². The number of para-hydroxylation sites is 2. The van der Waals surface area contributed by atoms with Crippen LogP contribution in [-0.4, -0.2) is 9.38 Å². The zero-order chi connectivity index (χ0) is 18.3. The maximum Gasteiger partial charge on any atom is 0.265 e. The van der Waals surface area contributed by atoms with Gasteiger partial charge < -0.3 is 5.32 Å². The highest BCUT2D eigenvalue weighted by molar-refractivity contribution is 6.30. The number of nitriles is 1. The second-order valence-corrected chi connectivity index (χ2v) is 6.32. The van der Waals surface area contributed by atoms with Crippen molar-refractivity contribution in [3.8, 4) is 6.07 Å². The van der Waals surface area contributed by atoms with Crippen LogP contribution in [0, 0.1) is 18.3 Å². The number of rotatable bonds is 2. The lowest BCUT2D eigenvalue weighted by Crippen LogP contribution is -2.34. The van der Waals surface area contributed by atoms with Crippen LogP contribution < -0.4 is 16.1 Å². The predicted molar refractivity (Wildman–Crippen MR) is 103 cm³/mol. The van der Waals surface area contributed by atoms with Gasteiger partial charge in [0, 0.05) is 16.9 Å². The topological polar surface area (TPSA) is 70.2 Å². The van der Waals surface area contributed by atoms with E-state index in [2.05, 4.69) is 16.4 Å². The van der Waals surface area contributed by atoms with Gasteiger partial charge in [0.15, 0.2) is 5.65 Å². The molecule has 0 fully saturated rings. The third-order valence-electron chi connectivity index (χ3n) is 4.34. The van der Waals surface area contributed by atoms with Crippen molar-refractivity contribution in [2.75, 3.05) is 5.32 Å². The molecule has 0 saturated heterocycles. The third kappa shape index (κ3) is 2.48. The lowest BCUT2D eigenvalue weighted by atomic mass is 10.1. The van der Waals surface area contributed by atoms with E-state index in [9.17, 15) is 10.1 Å². The number of nitrogens with zero attached hydrogens (tertiary/aromatic N) is 3. The Kier molecular flexibility index (Phi) is 3.83. The van der Waals surface area contributed by atoms with Gasteiger partial charge >= 0.3 is 0 Å². The van der Waals surface area contributed by atoms with Crippen LogP contribution >= 0.6 is 11.6 Å². The number of halogens is 1. The Morgan fingerprint density at radius 2 is 1.92 bits per heavy atom. The molecular formula is C20H13ClN4O. The zero-order valence-electron chi connectivity index (χ0n) is 13.8. The van der Waals surface area contributed by atoms with Crippen molar-refractivity contribution in [2.24, 2.45) is 0 Å². The summed E-state index contributed by atoms with van der Waals surface area (Å²) in [5.74, 6) is 0. The molecule has 0 saturated carbocycles. The van der Waals surface area contributed by atoms with E-state index in [0.717, 1.165) is 5.69 Å². The summed E-state index contributed by atoms with van der Waals surface area (Å²) in [5.41, 5.74) is 3.33. The van der Waals surface area contributed by atoms with E-state index in [0.29, 0.717) is 38.0 Å². The van der Waals surface area contributed by atoms with Crippen LogP contribution in [0.3, 0.4) is 0 Å². The lowest BCUT2D eigenvalue weighted by molar-refractivity contribution is 1.10. The molecule has 0 bridgehead atoms. The number of hydrogen-bond acceptors (Lipinski definition) is 4. The average Bonchev–Trinajstić information content (AvgIpc) is 3.03. The molecule has 0 unspecified atom stereocenters. The third-order valence-corrected chi connectivity index (χ3v) is 4.59. The Morgan fingerprint density at radius 3 is 2.65 bits per heavy atom. The first-order valence-corrected chi connectivity index (χ1v) is 8.34. The van der Waals surface area contributed by atoms with Crippen molar-refractivity contribution in [3.05, 3.63) is 80.3 Å². The SMILES string of the molecule is Cc1c(C#N)c2nc3ccccc3n2c(=O)/c1=C\Nc1ccc(Cl)cc1. The molecule has 4 rings (SSSR count). The Labute approximate surface area is 153 Å². The molecule has 0 aliphatic rings. The molecule has 0 radical (unpaired) electrons. The van der Waals surface area contributed by atoms with Gasteiger partial charge in [-0.2, -0.15) is 5.26 Å². The van der Waals surface area contributed by atoms with Gasteiger partial charge in [-0.15, -0.1) is 0 Å². The molecule has 126 valence electrons. The number of anilines is 1. The molecule has 1 N–H and O–H groups in total. The maximum absolute atomic E-state index is 13.1. The Hall–Kier alpha value is -3.36. The van der Waals surface area contributed by atoms with Crippen molar-refractivity contribution in [1.82, 2.24) is 9.38 Å². The molecule has 2 aromatic heterocycles. The van der Waals surface area contributed by atoms with Crippen LogP contribution in [0.5, 0.6) is 0 Å². The summed E-state index contributed by atoms with van der Waals surface area (Å²) in [5, 5.41) is 13.8. The highest BCUT2D eigenvalue weighted by Gasteiger charge is 2.15. The minimum absolute atomic E-state index is 0.216. The molecule has 0 atom stereocenters. The van der Waals surface area contributed by atoms with Gasteiger partial charge in [-0.05, 0) is 48.9 Å². The monoisotopic (exact) mass is 360 g/mol. The maximum atomic E-state index is 13.1. The van der Waals surface area contributed by atoms with Crippen LogP contribution in [0.2, 0.25) is 5.02 Å². The largest absolute Gasteiger partial charge is 0.361 e. The molecule has 2 aromatic carbocycles. The first-order chi connectivity index (χ1) is 12.6. The average molecular weight is 361 g/mol. The van der Waals surface area contributed by atoms with Crippen molar-refractivity contribution >= 4 is 40.2 Å². The normalized spacial score (nSPS) is 11.8. The van der Waals surface area contributed by atoms with Crippen LogP contribution in [0.15, 0.2) is 53.3 Å². The van der Waals surface area contributed by atoms with Crippen molar-refractivity contribution in [1.29, 1.82) is 5.26 Å². The minimum atomic E-state index is -0.216. The van der Waals surface area contributed by atoms with E-state index < -0.39 is 0 Å². The standard InChI is InChI=1S/C20H13ClN4O/c1-12-15(10-22)19-24-17-4-2-3-5-18(17)25(19)20(26)16(12)11-23-14-8-6-13(21)7-9-14/h2-9,11,23H,1H3/b16-11-. The van der Waals surface area contributed by atoms with E-state index in [1.807, 2.05) is 36.4 Å². The number of nitrogens with one attached hydrogen (secondary N) is 1. The van der Waals surface area contributed by atoms with Crippen LogP contribution in [0.4, 0.5) is 5.69 Å². The Bertz CT molecular complexity index is 1300. The fraction of sp³-hybridized carbons (Fsp3) is 0.0500. The molecule has 6 heteroatoms. The predicted octanol–water partition coefficient (Wildman–Crippen LogP) is 3.25. The quantitative estimate of drug-likeness (QED) is 0.595. The van der Waals surface area contributed by atoms with Crippen molar-refractivity contribution in [3.63, 3.8) is 0 Å². The molecule has 5 nitrogen and oxygen atoms in total. The molecule has 26 heavy (non-hydrogen) atoms. The van der Waals surface area contributed by atoms with Gasteiger partial charge in [-0.1, -0.05) is 23.7 Å². The number of hydrogen-bond donors (Lipinski definition) is 1. The van der Waals surface area contributed by atoms with Crippen molar-refractivity contribution < 1.29 is 0 Å². The van der Waals surface area contributed by atoms with E-state index in [1.54, 1.807) is 25.3 Å². The van der Waals surface area contributed by atoms with E-state index in [-0.39, 0.29) is 5.56 Å². The van der Waals surface area contributed by atoms with E-state index in [4.69, 9.17) is 11.6 Å². The summed E-state index contributed by atoms with van der Waals surface area (Å²) < 4.78 is 1.50. The first kappa shape index (κ1) is 16.1. The number of aromatic nitrogens is 2. The van der Waals surface area contributed by atoms with Gasteiger partial charge in [0.1, 0.15) is 6.07 Å². The molecular weight excluding hydrogens is 348 g/mol. The summed E-state index contributed by atoms with van der Waals surface area (Å²) in [6.45, 7) is 1.76. The summed E-state index contributed by atoms with van der Waals surface area (Å²) in [4.78, 5) is 17.6. The molecule has 0 amide bonds. The zero-order valence-corrected chi connectivity index (χ0v) is 14.6. The van der Waals surface area contributed by atoms with Crippen LogP contribution in [-0.2, 0) is 0 Å². The summed E-state index contributed by atoms with van der Waals surface area (Å²) >= 11 is 5.89. The van der Waals surface area contributed by atoms with Gasteiger partial charge in [-0.25, -0.2) is 4.98 Å². The van der Waals surface area contributed by atoms with Crippen LogP contribution in [0.25, 0.3) is 22.9 Å². The molecule has 0 aliphatic heterocycles. The summed E-state index contributed by atoms with van der Waals surface area (Å²) in [6, 6.07) is 16.7. The molecule has 2 heterocycles. The van der Waals surface area contributed by atoms with Gasteiger partial charge in [-0.3, -0.25) is 9.20 Å². The Morgan fingerprint density at radius 1 is 1.19 bits per heavy atom. The number of imidazole rings is 1. The van der Waals surface area contributed by atoms with Gasteiger partial charge in [0.25, 0.3) is 5.56 Å².